The molecule has 92 valence electrons. The predicted octanol–water partition coefficient (Wildman–Crippen LogP) is 2.47. The zero-order valence-electron chi connectivity index (χ0n) is 9.78. The lowest BCUT2D eigenvalue weighted by Crippen LogP contribution is -2.31. The lowest BCUT2D eigenvalue weighted by molar-refractivity contribution is 0.511. The third kappa shape index (κ3) is 1.49. The normalized spacial score (nSPS) is 25.2. The van der Waals surface area contributed by atoms with Crippen molar-refractivity contribution in [3.05, 3.63) is 34.6 Å². The summed E-state index contributed by atoms with van der Waals surface area (Å²) in [5.74, 6) is 0. The largest absolute Gasteiger partial charge is 0.307 e. The molecule has 0 spiro atoms. The molecule has 2 atom stereocenters. The molecule has 18 heavy (non-hydrogen) atoms. The van der Waals surface area contributed by atoms with Gasteiger partial charge in [0.1, 0.15) is 5.69 Å². The predicted molar refractivity (Wildman–Crippen MR) is 69.4 cm³/mol. The Morgan fingerprint density at radius 1 is 1.33 bits per heavy atom. The lowest BCUT2D eigenvalue weighted by atomic mass is 9.98. The van der Waals surface area contributed by atoms with E-state index >= 15 is 0 Å². The van der Waals surface area contributed by atoms with Gasteiger partial charge >= 0.3 is 0 Å². The number of H-pyrrole nitrogens is 1. The average Bonchev–Trinajstić information content (AvgIpc) is 2.95. The van der Waals surface area contributed by atoms with Crippen LogP contribution in [-0.2, 0) is 6.42 Å². The molecular formula is C13H13ClN4. The van der Waals surface area contributed by atoms with Gasteiger partial charge in [0.05, 0.1) is 5.69 Å². The fourth-order valence-electron chi connectivity index (χ4n) is 3.10. The van der Waals surface area contributed by atoms with Gasteiger partial charge in [-0.3, -0.25) is 10.1 Å². The van der Waals surface area contributed by atoms with E-state index in [1.807, 2.05) is 6.07 Å². The van der Waals surface area contributed by atoms with Gasteiger partial charge in [-0.15, -0.1) is 0 Å². The molecule has 0 radical (unpaired) electrons. The zero-order chi connectivity index (χ0) is 12.1. The van der Waals surface area contributed by atoms with Crippen LogP contribution >= 0.6 is 11.6 Å². The average molecular weight is 261 g/mol. The maximum atomic E-state index is 6.03. The number of pyridine rings is 1. The number of nitrogens with one attached hydrogen (secondary N) is 2. The van der Waals surface area contributed by atoms with E-state index in [1.54, 1.807) is 12.3 Å². The number of hydrogen-bond donors (Lipinski definition) is 2. The minimum Gasteiger partial charge on any atom is -0.307 e. The van der Waals surface area contributed by atoms with Crippen LogP contribution in [0.1, 0.15) is 30.1 Å². The van der Waals surface area contributed by atoms with E-state index in [4.69, 9.17) is 11.6 Å². The highest BCUT2D eigenvalue weighted by molar-refractivity contribution is 6.30. The summed E-state index contributed by atoms with van der Waals surface area (Å²) in [6, 6.07) is 4.70. The molecule has 4 heterocycles. The van der Waals surface area contributed by atoms with Crippen molar-refractivity contribution >= 4 is 11.6 Å². The summed E-state index contributed by atoms with van der Waals surface area (Å²) in [5, 5.41) is 11.9. The van der Waals surface area contributed by atoms with Crippen molar-refractivity contribution in [2.45, 2.75) is 31.3 Å². The molecule has 0 aliphatic carbocycles. The number of halogens is 1. The molecule has 5 heteroatoms. The van der Waals surface area contributed by atoms with Gasteiger partial charge in [-0.1, -0.05) is 11.6 Å². The Hall–Kier alpha value is -1.39. The number of aromatic nitrogens is 3. The van der Waals surface area contributed by atoms with Crippen LogP contribution in [0, 0.1) is 0 Å². The van der Waals surface area contributed by atoms with Gasteiger partial charge in [-0.05, 0) is 25.0 Å². The minimum atomic E-state index is 0.424. The molecule has 2 aliphatic rings. The van der Waals surface area contributed by atoms with Crippen LogP contribution in [0.15, 0.2) is 18.3 Å². The highest BCUT2D eigenvalue weighted by Crippen LogP contribution is 2.39. The summed E-state index contributed by atoms with van der Waals surface area (Å²) < 4.78 is 0. The Morgan fingerprint density at radius 2 is 2.28 bits per heavy atom. The Labute approximate surface area is 110 Å². The Bertz CT molecular complexity index is 607. The summed E-state index contributed by atoms with van der Waals surface area (Å²) >= 11 is 6.03. The molecule has 1 saturated heterocycles. The number of nitrogens with zero attached hydrogens (tertiary/aromatic N) is 2. The van der Waals surface area contributed by atoms with Crippen molar-refractivity contribution in [1.82, 2.24) is 20.5 Å². The second kappa shape index (κ2) is 3.80. The SMILES string of the molecule is Clc1ccnc(-c2n[nH]c3c2[C@H]2CC[C@@H](C3)N2)c1. The summed E-state index contributed by atoms with van der Waals surface area (Å²) in [4.78, 5) is 4.38. The molecule has 0 unspecified atom stereocenters. The Kier molecular flexibility index (Phi) is 2.22. The van der Waals surface area contributed by atoms with Gasteiger partial charge in [-0.25, -0.2) is 0 Å². The first-order chi connectivity index (χ1) is 8.81. The maximum Gasteiger partial charge on any atom is 0.116 e. The maximum absolute atomic E-state index is 6.03. The van der Waals surface area contributed by atoms with E-state index in [2.05, 4.69) is 20.5 Å². The fourth-order valence-corrected chi connectivity index (χ4v) is 3.26. The van der Waals surface area contributed by atoms with Crippen molar-refractivity contribution in [2.24, 2.45) is 0 Å². The summed E-state index contributed by atoms with van der Waals surface area (Å²) in [7, 11) is 0. The van der Waals surface area contributed by atoms with Crippen molar-refractivity contribution in [3.8, 4) is 11.4 Å². The molecule has 0 amide bonds. The molecule has 4 rings (SSSR count). The standard InChI is InChI=1S/C13H13ClN4/c14-7-3-4-15-11(5-7)13-12-9-2-1-8(16-9)6-10(12)17-18-13/h3-5,8-9,16H,1-2,6H2,(H,17,18)/t8-,9+/m0/s1. The molecule has 4 nitrogen and oxygen atoms in total. The number of hydrogen-bond acceptors (Lipinski definition) is 3. The Morgan fingerprint density at radius 3 is 3.17 bits per heavy atom. The van der Waals surface area contributed by atoms with E-state index in [1.165, 1.54) is 24.1 Å². The van der Waals surface area contributed by atoms with Crippen molar-refractivity contribution in [3.63, 3.8) is 0 Å². The topological polar surface area (TPSA) is 53.6 Å². The molecule has 2 N–H and O–H groups in total. The summed E-state index contributed by atoms with van der Waals surface area (Å²) in [6.45, 7) is 0. The molecule has 0 saturated carbocycles. The van der Waals surface area contributed by atoms with E-state index in [9.17, 15) is 0 Å². The number of rotatable bonds is 1. The second-order valence-corrected chi connectivity index (χ2v) is 5.46. The minimum absolute atomic E-state index is 0.424. The molecule has 2 aliphatic heterocycles. The summed E-state index contributed by atoms with van der Waals surface area (Å²) in [6.07, 6.45) is 5.20. The number of aromatic amines is 1. The van der Waals surface area contributed by atoms with Crippen LogP contribution in [0.3, 0.4) is 0 Å². The summed E-state index contributed by atoms with van der Waals surface area (Å²) in [5.41, 5.74) is 4.36. The van der Waals surface area contributed by atoms with E-state index in [0.717, 1.165) is 17.8 Å². The van der Waals surface area contributed by atoms with Crippen LogP contribution in [0.4, 0.5) is 0 Å². The smallest absolute Gasteiger partial charge is 0.116 e. The first-order valence-corrected chi connectivity index (χ1v) is 6.64. The van der Waals surface area contributed by atoms with Crippen LogP contribution in [0.2, 0.25) is 5.02 Å². The van der Waals surface area contributed by atoms with E-state index in [-0.39, 0.29) is 0 Å². The van der Waals surface area contributed by atoms with E-state index in [0.29, 0.717) is 17.1 Å². The van der Waals surface area contributed by atoms with Crippen molar-refractivity contribution < 1.29 is 0 Å². The molecule has 2 aromatic rings. The van der Waals surface area contributed by atoms with Gasteiger partial charge in [0.15, 0.2) is 0 Å². The first kappa shape index (κ1) is 10.5. The van der Waals surface area contributed by atoms with Gasteiger partial charge in [0, 0.05) is 41.0 Å². The third-order valence-electron chi connectivity index (χ3n) is 3.89. The quantitative estimate of drug-likeness (QED) is 0.828. The fraction of sp³-hybridized carbons (Fsp3) is 0.385. The second-order valence-electron chi connectivity index (χ2n) is 5.02. The number of fused-ring (bicyclic) bond motifs is 4. The zero-order valence-corrected chi connectivity index (χ0v) is 10.5. The highest BCUT2D eigenvalue weighted by atomic mass is 35.5. The molecular weight excluding hydrogens is 248 g/mol. The van der Waals surface area contributed by atoms with Crippen molar-refractivity contribution in [2.75, 3.05) is 0 Å². The first-order valence-electron chi connectivity index (χ1n) is 6.26. The molecule has 2 bridgehead atoms. The van der Waals surface area contributed by atoms with Crippen LogP contribution < -0.4 is 5.32 Å². The Balaban J connectivity index is 1.86. The van der Waals surface area contributed by atoms with Crippen LogP contribution in [0.5, 0.6) is 0 Å². The molecule has 1 fully saturated rings. The van der Waals surface area contributed by atoms with Gasteiger partial charge < -0.3 is 5.32 Å². The van der Waals surface area contributed by atoms with Gasteiger partial charge in [0.25, 0.3) is 0 Å². The highest BCUT2D eigenvalue weighted by Gasteiger charge is 2.36. The lowest BCUT2D eigenvalue weighted by Gasteiger charge is -2.21. The molecule has 0 aromatic carbocycles. The van der Waals surface area contributed by atoms with Crippen LogP contribution in [-0.4, -0.2) is 21.2 Å². The monoisotopic (exact) mass is 260 g/mol. The van der Waals surface area contributed by atoms with Gasteiger partial charge in [-0.2, -0.15) is 5.10 Å². The molecule has 2 aromatic heterocycles. The van der Waals surface area contributed by atoms with Crippen molar-refractivity contribution in [1.29, 1.82) is 0 Å². The van der Waals surface area contributed by atoms with Gasteiger partial charge in [0.2, 0.25) is 0 Å². The van der Waals surface area contributed by atoms with E-state index < -0.39 is 0 Å². The van der Waals surface area contributed by atoms with Crippen LogP contribution in [0.25, 0.3) is 11.4 Å². The third-order valence-corrected chi connectivity index (χ3v) is 4.12.